The van der Waals surface area contributed by atoms with Gasteiger partial charge in [0.1, 0.15) is 0 Å². The number of aryl methyl sites for hydroxylation is 2. The standard InChI is InChI=1S/C42H42N2O6/c1-43-24-32(27-11-7-9-13-33(27)43)30-23-31(42(46)26-16-20-37(48-4)39(22-26)50-6)28(40-29-12-8-10-14-34(29)44(2)41(30)40)17-18-35(45)25-15-19-36(47-3)38(21-25)49-5/h7-16,19-22,24,28,30-31H,17-18,23H2,1-6H3. The molecule has 2 heterocycles. The second-order valence-corrected chi connectivity index (χ2v) is 13.1. The normalized spacial score (nSPS) is 17.0. The van der Waals surface area contributed by atoms with Gasteiger partial charge in [-0.15, -0.1) is 0 Å². The molecule has 0 N–H and O–H groups in total. The predicted octanol–water partition coefficient (Wildman–Crippen LogP) is 8.49. The van der Waals surface area contributed by atoms with Crippen molar-refractivity contribution in [3.05, 3.63) is 119 Å². The number of nitrogens with zero attached hydrogens (tertiary/aromatic N) is 2. The number of rotatable bonds is 11. The maximum absolute atomic E-state index is 14.9. The van der Waals surface area contributed by atoms with Crippen LogP contribution in [0.25, 0.3) is 21.8 Å². The summed E-state index contributed by atoms with van der Waals surface area (Å²) in [7, 11) is 10.5. The second-order valence-electron chi connectivity index (χ2n) is 13.1. The van der Waals surface area contributed by atoms with Crippen molar-refractivity contribution in [2.45, 2.75) is 31.1 Å². The highest BCUT2D eigenvalue weighted by Crippen LogP contribution is 2.53. The number of ether oxygens (including phenoxy) is 4. The number of para-hydroxylation sites is 2. The number of benzene rings is 4. The first kappa shape index (κ1) is 33.0. The van der Waals surface area contributed by atoms with Crippen LogP contribution in [0.3, 0.4) is 0 Å². The first-order valence-electron chi connectivity index (χ1n) is 16.9. The average molecular weight is 671 g/mol. The van der Waals surface area contributed by atoms with E-state index in [9.17, 15) is 9.59 Å². The molecule has 2 aromatic heterocycles. The minimum absolute atomic E-state index is 0.0127. The molecule has 0 saturated carbocycles. The molecule has 8 nitrogen and oxygen atoms in total. The van der Waals surface area contributed by atoms with Crippen LogP contribution in [0.4, 0.5) is 0 Å². The Bertz CT molecular complexity index is 2240. The number of methoxy groups -OCH3 is 4. The van der Waals surface area contributed by atoms with Crippen LogP contribution in [-0.2, 0) is 14.1 Å². The fourth-order valence-electron chi connectivity index (χ4n) is 8.19. The van der Waals surface area contributed by atoms with Crippen LogP contribution in [0.15, 0.2) is 91.1 Å². The first-order valence-corrected chi connectivity index (χ1v) is 16.9. The molecule has 7 rings (SSSR count). The number of Topliss-reactive ketones (excluding diaryl/α,β-unsaturated/α-hetero) is 2. The molecule has 8 heteroatoms. The van der Waals surface area contributed by atoms with E-state index >= 15 is 0 Å². The Morgan fingerprint density at radius 1 is 0.700 bits per heavy atom. The molecule has 50 heavy (non-hydrogen) atoms. The molecule has 6 aromatic rings. The molecular weight excluding hydrogens is 628 g/mol. The largest absolute Gasteiger partial charge is 0.493 e. The van der Waals surface area contributed by atoms with Gasteiger partial charge in [0, 0.05) is 77.2 Å². The van der Waals surface area contributed by atoms with Crippen molar-refractivity contribution in [1.82, 2.24) is 9.13 Å². The Labute approximate surface area is 292 Å². The molecule has 1 aliphatic carbocycles. The van der Waals surface area contributed by atoms with E-state index in [4.69, 9.17) is 18.9 Å². The molecule has 0 radical (unpaired) electrons. The molecule has 3 unspecified atom stereocenters. The Kier molecular flexibility index (Phi) is 8.87. The third-order valence-electron chi connectivity index (χ3n) is 10.6. The van der Waals surface area contributed by atoms with Crippen LogP contribution in [0, 0.1) is 5.92 Å². The Hall–Kier alpha value is -5.50. The number of hydrogen-bond acceptors (Lipinski definition) is 6. The van der Waals surface area contributed by atoms with Gasteiger partial charge in [0.2, 0.25) is 0 Å². The van der Waals surface area contributed by atoms with Crippen molar-refractivity contribution in [2.75, 3.05) is 28.4 Å². The van der Waals surface area contributed by atoms with E-state index in [1.165, 1.54) is 16.6 Å². The van der Waals surface area contributed by atoms with Crippen LogP contribution in [0.2, 0.25) is 0 Å². The van der Waals surface area contributed by atoms with Crippen LogP contribution in [-0.4, -0.2) is 49.1 Å². The summed E-state index contributed by atoms with van der Waals surface area (Å²) in [4.78, 5) is 28.8. The van der Waals surface area contributed by atoms with Crippen molar-refractivity contribution >= 4 is 33.4 Å². The monoisotopic (exact) mass is 670 g/mol. The van der Waals surface area contributed by atoms with E-state index in [0.29, 0.717) is 47.0 Å². The van der Waals surface area contributed by atoms with Crippen molar-refractivity contribution in [1.29, 1.82) is 0 Å². The number of ketones is 2. The number of hydrogen-bond donors (Lipinski definition) is 0. The topological polar surface area (TPSA) is 80.9 Å². The zero-order valence-corrected chi connectivity index (χ0v) is 29.4. The lowest BCUT2D eigenvalue weighted by Crippen LogP contribution is -2.31. The molecular formula is C42H42N2O6. The summed E-state index contributed by atoms with van der Waals surface area (Å²) in [5.74, 6) is 1.48. The van der Waals surface area contributed by atoms with Gasteiger partial charge in [-0.05, 0) is 78.4 Å². The van der Waals surface area contributed by atoms with Crippen molar-refractivity contribution in [2.24, 2.45) is 20.0 Å². The smallest absolute Gasteiger partial charge is 0.166 e. The van der Waals surface area contributed by atoms with Crippen molar-refractivity contribution < 1.29 is 28.5 Å². The Morgan fingerprint density at radius 3 is 1.94 bits per heavy atom. The van der Waals surface area contributed by atoms with E-state index in [1.54, 1.807) is 58.8 Å². The fraction of sp³-hybridized carbons (Fsp3) is 0.286. The quantitative estimate of drug-likeness (QED) is 0.129. The average Bonchev–Trinajstić information content (AvgIpc) is 3.66. The van der Waals surface area contributed by atoms with E-state index in [0.717, 1.165) is 22.0 Å². The number of carbonyl (C=O) groups excluding carboxylic acids is 2. The third-order valence-corrected chi connectivity index (χ3v) is 10.6. The summed E-state index contributed by atoms with van der Waals surface area (Å²) in [5.41, 5.74) is 6.90. The molecule has 0 bridgehead atoms. The number of carbonyl (C=O) groups is 2. The highest BCUT2D eigenvalue weighted by molar-refractivity contribution is 6.01. The van der Waals surface area contributed by atoms with Crippen LogP contribution in [0.5, 0.6) is 23.0 Å². The molecule has 1 aliphatic rings. The van der Waals surface area contributed by atoms with Crippen molar-refractivity contribution in [3.63, 3.8) is 0 Å². The van der Waals surface area contributed by atoms with Crippen LogP contribution < -0.4 is 18.9 Å². The van der Waals surface area contributed by atoms with Gasteiger partial charge < -0.3 is 28.1 Å². The maximum Gasteiger partial charge on any atom is 0.166 e. The van der Waals surface area contributed by atoms with E-state index < -0.39 is 5.92 Å². The third kappa shape index (κ3) is 5.49. The van der Waals surface area contributed by atoms with Gasteiger partial charge in [-0.2, -0.15) is 0 Å². The lowest BCUT2D eigenvalue weighted by Gasteiger charge is -2.37. The summed E-state index contributed by atoms with van der Waals surface area (Å²) >= 11 is 0. The molecule has 0 aliphatic heterocycles. The molecule has 0 saturated heterocycles. The number of aromatic nitrogens is 2. The van der Waals surface area contributed by atoms with Gasteiger partial charge in [0.05, 0.1) is 28.4 Å². The second kappa shape index (κ2) is 13.4. The highest BCUT2D eigenvalue weighted by Gasteiger charge is 2.43. The zero-order chi connectivity index (χ0) is 35.1. The summed E-state index contributed by atoms with van der Waals surface area (Å²) < 4.78 is 26.5. The zero-order valence-electron chi connectivity index (χ0n) is 29.4. The molecule has 0 fully saturated rings. The lowest BCUT2D eigenvalue weighted by atomic mass is 9.66. The fourth-order valence-corrected chi connectivity index (χ4v) is 8.19. The van der Waals surface area contributed by atoms with Gasteiger partial charge in [-0.25, -0.2) is 0 Å². The van der Waals surface area contributed by atoms with Gasteiger partial charge >= 0.3 is 0 Å². The Balaban J connectivity index is 1.38. The van der Waals surface area contributed by atoms with Crippen molar-refractivity contribution in [3.8, 4) is 23.0 Å². The summed E-state index contributed by atoms with van der Waals surface area (Å²) in [6.07, 6.45) is 3.57. The Morgan fingerprint density at radius 2 is 1.28 bits per heavy atom. The first-order chi connectivity index (χ1) is 24.3. The molecule has 256 valence electrons. The lowest BCUT2D eigenvalue weighted by molar-refractivity contribution is 0.0862. The van der Waals surface area contributed by atoms with Gasteiger partial charge in [0.25, 0.3) is 0 Å². The number of fused-ring (bicyclic) bond motifs is 4. The highest BCUT2D eigenvalue weighted by atomic mass is 16.5. The van der Waals surface area contributed by atoms with Gasteiger partial charge in [0.15, 0.2) is 34.6 Å². The summed E-state index contributed by atoms with van der Waals surface area (Å²) in [5, 5.41) is 2.29. The SMILES string of the molecule is COc1ccc(C(=O)CCC2c3c(n(C)c4ccccc34)C(c3cn(C)c4ccccc34)CC2C(=O)c2ccc(OC)c(OC)c2)cc1OC. The van der Waals surface area contributed by atoms with Crippen LogP contribution >= 0.6 is 0 Å². The van der Waals surface area contributed by atoms with E-state index in [2.05, 4.69) is 78.0 Å². The van der Waals surface area contributed by atoms with Gasteiger partial charge in [-0.1, -0.05) is 36.4 Å². The minimum atomic E-state index is -0.409. The molecule has 4 aromatic carbocycles. The summed E-state index contributed by atoms with van der Waals surface area (Å²) in [6.45, 7) is 0. The maximum atomic E-state index is 14.9. The summed E-state index contributed by atoms with van der Waals surface area (Å²) in [6, 6.07) is 27.5. The predicted molar refractivity (Wildman–Crippen MR) is 196 cm³/mol. The van der Waals surface area contributed by atoms with Gasteiger partial charge in [-0.3, -0.25) is 9.59 Å². The minimum Gasteiger partial charge on any atom is -0.493 e. The molecule has 3 atom stereocenters. The molecule has 0 spiro atoms. The van der Waals surface area contributed by atoms with E-state index in [-0.39, 0.29) is 29.8 Å². The molecule has 0 amide bonds. The van der Waals surface area contributed by atoms with E-state index in [1.807, 2.05) is 6.07 Å². The van der Waals surface area contributed by atoms with Crippen LogP contribution in [0.1, 0.15) is 68.6 Å².